The number of alkyl halides is 1. The van der Waals surface area contributed by atoms with Crippen LogP contribution in [0, 0.1) is 17.5 Å². The molecule has 0 radical (unpaired) electrons. The molecule has 0 aliphatic heterocycles. The third-order valence-electron chi connectivity index (χ3n) is 2.71. The van der Waals surface area contributed by atoms with Gasteiger partial charge >= 0.3 is 0 Å². The third kappa shape index (κ3) is 3.23. The zero-order valence-corrected chi connectivity index (χ0v) is 11.2. The highest BCUT2D eigenvalue weighted by Gasteiger charge is 2.19. The highest BCUT2D eigenvalue weighted by Crippen LogP contribution is 2.29. The summed E-state index contributed by atoms with van der Waals surface area (Å²) in [6.07, 6.45) is 0.268. The molecule has 2 aromatic rings. The largest absolute Gasteiger partial charge is 0.204 e. The minimum Gasteiger partial charge on any atom is -0.204 e. The molecule has 0 saturated carbocycles. The van der Waals surface area contributed by atoms with Gasteiger partial charge in [-0.1, -0.05) is 29.8 Å². The Morgan fingerprint density at radius 3 is 2.42 bits per heavy atom. The lowest BCUT2D eigenvalue weighted by Crippen LogP contribution is -2.03. The van der Waals surface area contributed by atoms with E-state index in [0.717, 1.165) is 17.7 Å². The van der Waals surface area contributed by atoms with Gasteiger partial charge in [0.15, 0.2) is 17.5 Å². The van der Waals surface area contributed by atoms with Crippen molar-refractivity contribution < 1.29 is 13.2 Å². The molecule has 0 aromatic heterocycles. The lowest BCUT2D eigenvalue weighted by molar-refractivity contribution is 0.440. The number of hydrogen-bond donors (Lipinski definition) is 0. The van der Waals surface area contributed by atoms with Gasteiger partial charge in [0.1, 0.15) is 0 Å². The van der Waals surface area contributed by atoms with Crippen LogP contribution in [0.25, 0.3) is 0 Å². The first kappa shape index (κ1) is 14.2. The van der Waals surface area contributed by atoms with Crippen molar-refractivity contribution in [3.63, 3.8) is 0 Å². The maximum absolute atomic E-state index is 13.6. The van der Waals surface area contributed by atoms with Gasteiger partial charge in [0.25, 0.3) is 0 Å². The van der Waals surface area contributed by atoms with Crippen molar-refractivity contribution in [2.75, 3.05) is 0 Å². The van der Waals surface area contributed by atoms with Gasteiger partial charge in [-0.05, 0) is 30.2 Å². The van der Waals surface area contributed by atoms with Crippen LogP contribution >= 0.6 is 23.2 Å². The van der Waals surface area contributed by atoms with Crippen LogP contribution in [0.5, 0.6) is 0 Å². The van der Waals surface area contributed by atoms with Gasteiger partial charge < -0.3 is 0 Å². The van der Waals surface area contributed by atoms with Crippen molar-refractivity contribution >= 4 is 23.2 Å². The van der Waals surface area contributed by atoms with Crippen LogP contribution in [0.15, 0.2) is 36.4 Å². The molecule has 1 unspecified atom stereocenters. The average molecular weight is 305 g/mol. The lowest BCUT2D eigenvalue weighted by Gasteiger charge is -2.12. The first-order valence-electron chi connectivity index (χ1n) is 5.51. The van der Waals surface area contributed by atoms with Crippen LogP contribution in [0.1, 0.15) is 16.5 Å². The van der Waals surface area contributed by atoms with Crippen LogP contribution in [-0.4, -0.2) is 0 Å². The van der Waals surface area contributed by atoms with E-state index in [4.69, 9.17) is 23.2 Å². The van der Waals surface area contributed by atoms with Gasteiger partial charge in [0.2, 0.25) is 0 Å². The fourth-order valence-corrected chi connectivity index (χ4v) is 2.32. The van der Waals surface area contributed by atoms with Gasteiger partial charge in [0.05, 0.1) is 5.38 Å². The highest BCUT2D eigenvalue weighted by atomic mass is 35.5. The molecule has 0 spiro atoms. The standard InChI is InChI=1S/C14H9Cl2F3/c15-9-3-1-2-8(6-9)7-11(16)10-4-5-12(17)14(19)13(10)18/h1-6,11H,7H2. The SMILES string of the molecule is Fc1ccc(C(Cl)Cc2cccc(Cl)c2)c(F)c1F. The number of rotatable bonds is 3. The Labute approximate surface area is 118 Å². The molecular weight excluding hydrogens is 296 g/mol. The zero-order valence-electron chi connectivity index (χ0n) is 9.64. The minimum absolute atomic E-state index is 0.0689. The second kappa shape index (κ2) is 5.85. The van der Waals surface area contributed by atoms with Crippen molar-refractivity contribution in [1.29, 1.82) is 0 Å². The molecule has 0 amide bonds. The molecule has 1 atom stereocenters. The molecule has 0 nitrogen and oxygen atoms in total. The van der Waals surface area contributed by atoms with E-state index in [2.05, 4.69) is 0 Å². The molecule has 0 N–H and O–H groups in total. The van der Waals surface area contributed by atoms with E-state index in [9.17, 15) is 13.2 Å². The molecule has 0 bridgehead atoms. The molecule has 100 valence electrons. The number of hydrogen-bond acceptors (Lipinski definition) is 0. The first-order valence-corrected chi connectivity index (χ1v) is 6.32. The van der Waals surface area contributed by atoms with Crippen LogP contribution in [0.4, 0.5) is 13.2 Å². The van der Waals surface area contributed by atoms with Gasteiger partial charge in [-0.25, -0.2) is 13.2 Å². The predicted octanol–water partition coefficient (Wildman–Crippen LogP) is 5.28. The van der Waals surface area contributed by atoms with Crippen molar-refractivity contribution in [2.45, 2.75) is 11.8 Å². The Balaban J connectivity index is 2.25. The van der Waals surface area contributed by atoms with E-state index in [1.807, 2.05) is 0 Å². The monoisotopic (exact) mass is 304 g/mol. The van der Waals surface area contributed by atoms with Crippen molar-refractivity contribution in [2.24, 2.45) is 0 Å². The van der Waals surface area contributed by atoms with E-state index in [-0.39, 0.29) is 12.0 Å². The van der Waals surface area contributed by atoms with E-state index in [0.29, 0.717) is 5.02 Å². The Kier molecular flexibility index (Phi) is 4.38. The smallest absolute Gasteiger partial charge is 0.194 e. The molecule has 2 rings (SSSR count). The fraction of sp³-hybridized carbons (Fsp3) is 0.143. The summed E-state index contributed by atoms with van der Waals surface area (Å²) in [7, 11) is 0. The van der Waals surface area contributed by atoms with Crippen LogP contribution in [0.3, 0.4) is 0 Å². The first-order chi connectivity index (χ1) is 8.99. The number of halogens is 5. The molecule has 0 fully saturated rings. The average Bonchev–Trinajstić information content (AvgIpc) is 2.36. The van der Waals surface area contributed by atoms with Gasteiger partial charge in [0, 0.05) is 10.6 Å². The summed E-state index contributed by atoms with van der Waals surface area (Å²) in [5.41, 5.74) is 0.720. The normalized spacial score (nSPS) is 12.5. The number of benzene rings is 2. The molecule has 5 heteroatoms. The van der Waals surface area contributed by atoms with E-state index < -0.39 is 22.8 Å². The molecule has 2 aromatic carbocycles. The van der Waals surface area contributed by atoms with Crippen molar-refractivity contribution in [3.05, 3.63) is 70.0 Å². The Morgan fingerprint density at radius 2 is 1.74 bits per heavy atom. The molecule has 0 aliphatic carbocycles. The highest BCUT2D eigenvalue weighted by molar-refractivity contribution is 6.30. The molecule has 0 saturated heterocycles. The molecule has 0 heterocycles. The summed E-state index contributed by atoms with van der Waals surface area (Å²) in [6.45, 7) is 0. The second-order valence-electron chi connectivity index (χ2n) is 4.07. The fourth-order valence-electron chi connectivity index (χ4n) is 1.76. The second-order valence-corrected chi connectivity index (χ2v) is 5.03. The van der Waals surface area contributed by atoms with Crippen LogP contribution in [-0.2, 0) is 6.42 Å². The summed E-state index contributed by atoms with van der Waals surface area (Å²) in [5.74, 6) is -3.98. The van der Waals surface area contributed by atoms with Gasteiger partial charge in [-0.15, -0.1) is 11.6 Å². The topological polar surface area (TPSA) is 0 Å². The van der Waals surface area contributed by atoms with Crippen molar-refractivity contribution in [3.8, 4) is 0 Å². The minimum atomic E-state index is -1.51. The van der Waals surface area contributed by atoms with E-state index in [1.54, 1.807) is 24.3 Å². The summed E-state index contributed by atoms with van der Waals surface area (Å²) >= 11 is 11.9. The maximum Gasteiger partial charge on any atom is 0.194 e. The van der Waals surface area contributed by atoms with Crippen LogP contribution < -0.4 is 0 Å². The quantitative estimate of drug-likeness (QED) is 0.534. The lowest BCUT2D eigenvalue weighted by atomic mass is 10.0. The Morgan fingerprint density at radius 1 is 1.00 bits per heavy atom. The summed E-state index contributed by atoms with van der Waals surface area (Å²) < 4.78 is 39.5. The summed E-state index contributed by atoms with van der Waals surface area (Å²) in [6, 6.07) is 8.92. The Bertz CT molecular complexity index is 599. The summed E-state index contributed by atoms with van der Waals surface area (Å²) in [5, 5.41) is -0.263. The maximum atomic E-state index is 13.6. The Hall–Kier alpha value is -1.19. The zero-order chi connectivity index (χ0) is 14.0. The van der Waals surface area contributed by atoms with E-state index in [1.165, 1.54) is 0 Å². The van der Waals surface area contributed by atoms with E-state index >= 15 is 0 Å². The van der Waals surface area contributed by atoms with Gasteiger partial charge in [-0.2, -0.15) is 0 Å². The molecular formula is C14H9Cl2F3. The van der Waals surface area contributed by atoms with Gasteiger partial charge in [-0.3, -0.25) is 0 Å². The molecule has 0 aliphatic rings. The van der Waals surface area contributed by atoms with Crippen LogP contribution in [0.2, 0.25) is 5.02 Å². The molecule has 19 heavy (non-hydrogen) atoms. The van der Waals surface area contributed by atoms with Crippen molar-refractivity contribution in [1.82, 2.24) is 0 Å². The summed E-state index contributed by atoms with van der Waals surface area (Å²) in [4.78, 5) is 0. The predicted molar refractivity (Wildman–Crippen MR) is 70.1 cm³/mol. The third-order valence-corrected chi connectivity index (χ3v) is 3.33.